The predicted molar refractivity (Wildman–Crippen MR) is 115 cm³/mol. The lowest BCUT2D eigenvalue weighted by molar-refractivity contribution is -0.126. The van der Waals surface area contributed by atoms with Crippen LogP contribution in [0.2, 0.25) is 0 Å². The number of fused-ring (bicyclic) bond motifs is 1. The molecule has 0 aromatic heterocycles. The van der Waals surface area contributed by atoms with Gasteiger partial charge in [0.1, 0.15) is 0 Å². The summed E-state index contributed by atoms with van der Waals surface area (Å²) in [6.45, 7) is 12.5. The van der Waals surface area contributed by atoms with Crippen LogP contribution in [0.5, 0.6) is 0 Å². The topological polar surface area (TPSA) is 40.6 Å². The summed E-state index contributed by atoms with van der Waals surface area (Å²) in [7, 11) is 1.83. The van der Waals surface area contributed by atoms with Gasteiger partial charge in [0.2, 0.25) is 5.91 Å². The molecule has 4 nitrogen and oxygen atoms in total. The molecule has 1 aliphatic heterocycles. The van der Waals surface area contributed by atoms with Gasteiger partial charge in [0, 0.05) is 35.8 Å². The van der Waals surface area contributed by atoms with Crippen LogP contribution in [0.25, 0.3) is 0 Å². The summed E-state index contributed by atoms with van der Waals surface area (Å²) < 4.78 is 0. The molecule has 28 heavy (non-hydrogen) atoms. The fourth-order valence-electron chi connectivity index (χ4n) is 5.17. The molecule has 0 bridgehead atoms. The Hall–Kier alpha value is -1.84. The van der Waals surface area contributed by atoms with Crippen molar-refractivity contribution >= 4 is 17.5 Å². The number of carbonyl (C=O) groups is 2. The third kappa shape index (κ3) is 3.58. The Labute approximate surface area is 170 Å². The van der Waals surface area contributed by atoms with Crippen LogP contribution in [0.15, 0.2) is 12.1 Å². The number of anilines is 1. The zero-order valence-electron chi connectivity index (χ0n) is 18.6. The molecule has 0 saturated heterocycles. The molecule has 1 aliphatic carbocycles. The number of amides is 2. The number of aryl methyl sites for hydroxylation is 1. The van der Waals surface area contributed by atoms with E-state index in [4.69, 9.17) is 0 Å². The van der Waals surface area contributed by atoms with Gasteiger partial charge in [0.05, 0.1) is 0 Å². The van der Waals surface area contributed by atoms with Crippen LogP contribution in [-0.2, 0) is 11.2 Å². The van der Waals surface area contributed by atoms with Gasteiger partial charge >= 0.3 is 0 Å². The summed E-state index contributed by atoms with van der Waals surface area (Å²) in [6, 6.07) is 4.54. The van der Waals surface area contributed by atoms with Crippen LogP contribution in [-0.4, -0.2) is 35.8 Å². The van der Waals surface area contributed by atoms with Crippen molar-refractivity contribution in [3.8, 4) is 0 Å². The predicted octanol–water partition coefficient (Wildman–Crippen LogP) is 4.97. The lowest BCUT2D eigenvalue weighted by Gasteiger charge is -2.42. The van der Waals surface area contributed by atoms with Crippen LogP contribution < -0.4 is 4.90 Å². The van der Waals surface area contributed by atoms with Crippen molar-refractivity contribution in [2.75, 3.05) is 11.9 Å². The minimum absolute atomic E-state index is 0.111. The molecule has 2 atom stereocenters. The van der Waals surface area contributed by atoms with E-state index in [1.165, 1.54) is 19.3 Å². The van der Waals surface area contributed by atoms with Crippen molar-refractivity contribution in [1.82, 2.24) is 4.90 Å². The highest BCUT2D eigenvalue weighted by atomic mass is 16.2. The Morgan fingerprint density at radius 1 is 1.21 bits per heavy atom. The molecule has 1 heterocycles. The smallest absolute Gasteiger partial charge is 0.254 e. The molecule has 0 radical (unpaired) electrons. The minimum Gasteiger partial charge on any atom is -0.333 e. The average Bonchev–Trinajstić information content (AvgIpc) is 2.60. The van der Waals surface area contributed by atoms with Gasteiger partial charge in [-0.05, 0) is 63.1 Å². The highest BCUT2D eigenvalue weighted by Crippen LogP contribution is 2.39. The van der Waals surface area contributed by atoms with E-state index >= 15 is 0 Å². The van der Waals surface area contributed by atoms with Crippen LogP contribution >= 0.6 is 0 Å². The van der Waals surface area contributed by atoms with Crippen molar-refractivity contribution < 1.29 is 9.59 Å². The number of hydrogen-bond acceptors (Lipinski definition) is 2. The number of carbonyl (C=O) groups excluding carboxylic acids is 2. The Kier molecular flexibility index (Phi) is 5.62. The summed E-state index contributed by atoms with van der Waals surface area (Å²) >= 11 is 0. The minimum atomic E-state index is -0.402. The summed E-state index contributed by atoms with van der Waals surface area (Å²) in [6.07, 6.45) is 5.45. The summed E-state index contributed by atoms with van der Waals surface area (Å²) in [5.41, 5.74) is 3.39. The van der Waals surface area contributed by atoms with Gasteiger partial charge in [0.15, 0.2) is 0 Å². The molecule has 1 aromatic rings. The third-order valence-electron chi connectivity index (χ3n) is 6.75. The first-order valence-corrected chi connectivity index (χ1v) is 10.8. The number of benzene rings is 1. The lowest BCUT2D eigenvalue weighted by Crippen LogP contribution is -2.49. The van der Waals surface area contributed by atoms with Crippen molar-refractivity contribution in [2.24, 2.45) is 11.3 Å². The second kappa shape index (κ2) is 7.53. The molecular formula is C24H36N2O2. The van der Waals surface area contributed by atoms with Crippen LogP contribution in [0.4, 0.5) is 5.69 Å². The largest absolute Gasteiger partial charge is 0.333 e. The van der Waals surface area contributed by atoms with E-state index in [0.717, 1.165) is 28.8 Å². The second-order valence-corrected chi connectivity index (χ2v) is 9.86. The van der Waals surface area contributed by atoms with Crippen LogP contribution in [0, 0.1) is 18.3 Å². The molecule has 154 valence electrons. The standard InChI is InChI=1S/C24H36N2O2/c1-15(2)26(20-11-9-8-10-16(20)3)22(27)19-13-21-18(12-17(19)4)14-24(5,6)23(28)25(21)7/h12-13,15-16,20H,8-11,14H2,1-7H3. The fourth-order valence-corrected chi connectivity index (χ4v) is 5.17. The van der Waals surface area contributed by atoms with E-state index in [1.807, 2.05) is 33.9 Å². The van der Waals surface area contributed by atoms with Gasteiger partial charge in [-0.15, -0.1) is 0 Å². The summed E-state index contributed by atoms with van der Waals surface area (Å²) in [5.74, 6) is 0.756. The highest BCUT2D eigenvalue weighted by Gasteiger charge is 2.39. The first-order chi connectivity index (χ1) is 13.0. The van der Waals surface area contributed by atoms with Gasteiger partial charge in [-0.3, -0.25) is 9.59 Å². The average molecular weight is 385 g/mol. The quantitative estimate of drug-likeness (QED) is 0.738. The second-order valence-electron chi connectivity index (χ2n) is 9.86. The van der Waals surface area contributed by atoms with Crippen molar-refractivity contribution in [2.45, 2.75) is 85.7 Å². The first-order valence-electron chi connectivity index (χ1n) is 10.8. The summed E-state index contributed by atoms with van der Waals surface area (Å²) in [5, 5.41) is 0. The van der Waals surface area contributed by atoms with E-state index in [1.54, 1.807) is 4.90 Å². The van der Waals surface area contributed by atoms with E-state index in [-0.39, 0.29) is 17.9 Å². The van der Waals surface area contributed by atoms with Crippen LogP contribution in [0.1, 0.15) is 81.8 Å². The molecule has 1 aromatic carbocycles. The molecule has 4 heteroatoms. The molecular weight excluding hydrogens is 348 g/mol. The molecule has 2 aliphatic rings. The SMILES string of the molecule is Cc1cc2c(cc1C(=O)N(C(C)C)C1CCCCC1C)N(C)C(=O)C(C)(C)C2. The molecule has 0 spiro atoms. The highest BCUT2D eigenvalue weighted by molar-refractivity contribution is 6.03. The molecule has 2 amide bonds. The van der Waals surface area contributed by atoms with E-state index in [0.29, 0.717) is 18.4 Å². The maximum absolute atomic E-state index is 13.7. The van der Waals surface area contributed by atoms with E-state index in [9.17, 15) is 9.59 Å². The zero-order valence-corrected chi connectivity index (χ0v) is 18.6. The van der Waals surface area contributed by atoms with Gasteiger partial charge in [-0.1, -0.05) is 39.7 Å². The number of nitrogens with zero attached hydrogens (tertiary/aromatic N) is 2. The maximum atomic E-state index is 13.7. The first kappa shape index (κ1) is 20.9. The zero-order chi connectivity index (χ0) is 20.8. The Morgan fingerprint density at radius 3 is 2.46 bits per heavy atom. The number of rotatable bonds is 3. The van der Waals surface area contributed by atoms with E-state index in [2.05, 4.69) is 31.7 Å². The normalized spacial score (nSPS) is 24.3. The van der Waals surface area contributed by atoms with Crippen molar-refractivity contribution in [3.63, 3.8) is 0 Å². The fraction of sp³-hybridized carbons (Fsp3) is 0.667. The molecule has 2 unspecified atom stereocenters. The number of hydrogen-bond donors (Lipinski definition) is 0. The van der Waals surface area contributed by atoms with Gasteiger partial charge in [-0.2, -0.15) is 0 Å². The molecule has 1 saturated carbocycles. The Balaban J connectivity index is 2.01. The molecule has 1 fully saturated rings. The third-order valence-corrected chi connectivity index (χ3v) is 6.75. The van der Waals surface area contributed by atoms with E-state index < -0.39 is 5.41 Å². The lowest BCUT2D eigenvalue weighted by atomic mass is 9.79. The molecule has 3 rings (SSSR count). The van der Waals surface area contributed by atoms with Gasteiger partial charge in [0.25, 0.3) is 5.91 Å². The van der Waals surface area contributed by atoms with Crippen molar-refractivity contribution in [3.05, 3.63) is 28.8 Å². The van der Waals surface area contributed by atoms with Gasteiger partial charge < -0.3 is 9.80 Å². The maximum Gasteiger partial charge on any atom is 0.254 e. The van der Waals surface area contributed by atoms with Crippen LogP contribution in [0.3, 0.4) is 0 Å². The monoisotopic (exact) mass is 384 g/mol. The Bertz CT molecular complexity index is 781. The molecule has 0 N–H and O–H groups in total. The Morgan fingerprint density at radius 2 is 1.86 bits per heavy atom. The van der Waals surface area contributed by atoms with Gasteiger partial charge in [-0.25, -0.2) is 0 Å². The summed E-state index contributed by atoms with van der Waals surface area (Å²) in [4.78, 5) is 30.3. The van der Waals surface area contributed by atoms with Crippen molar-refractivity contribution in [1.29, 1.82) is 0 Å².